The van der Waals surface area contributed by atoms with Crippen LogP contribution in [0, 0.1) is 0 Å². The van der Waals surface area contributed by atoms with Crippen molar-refractivity contribution in [1.29, 1.82) is 0 Å². The first-order valence-corrected chi connectivity index (χ1v) is 10.7. The predicted octanol–water partition coefficient (Wildman–Crippen LogP) is 3.79. The standard InChI is InChI=1S/C22H18O7S/c1-2-30(25,26)29-19-14-15(21(23)24)13-18-20(19)28-22(27-18,16-9-5-3-6-10-16)17-11-7-4-8-12-17/h3-14H,2H2,1H3,(H,23,24). The SMILES string of the molecule is CCS(=O)(=O)Oc1cc(C(=O)O)cc2c1OC(c1ccccc1)(c1ccccc1)O2. The maximum atomic E-state index is 12.1. The summed E-state index contributed by atoms with van der Waals surface area (Å²) in [5.74, 6) is -3.12. The van der Waals surface area contributed by atoms with E-state index >= 15 is 0 Å². The van der Waals surface area contributed by atoms with Gasteiger partial charge in [-0.2, -0.15) is 8.42 Å². The van der Waals surface area contributed by atoms with Crippen molar-refractivity contribution in [2.24, 2.45) is 0 Å². The zero-order chi connectivity index (χ0) is 21.4. The number of carboxylic acids is 1. The highest BCUT2D eigenvalue weighted by Crippen LogP contribution is 2.52. The van der Waals surface area contributed by atoms with Crippen LogP contribution in [0.2, 0.25) is 0 Å². The van der Waals surface area contributed by atoms with Crippen LogP contribution >= 0.6 is 0 Å². The molecule has 8 heteroatoms. The molecule has 3 aromatic rings. The number of ether oxygens (including phenoxy) is 2. The molecule has 0 atom stereocenters. The summed E-state index contributed by atoms with van der Waals surface area (Å²) in [6, 6.07) is 20.6. The van der Waals surface area contributed by atoms with E-state index in [1.807, 2.05) is 36.4 Å². The first kappa shape index (κ1) is 19.8. The van der Waals surface area contributed by atoms with Gasteiger partial charge in [-0.3, -0.25) is 0 Å². The van der Waals surface area contributed by atoms with Gasteiger partial charge >= 0.3 is 21.9 Å². The van der Waals surface area contributed by atoms with E-state index < -0.39 is 21.9 Å². The second-order valence-corrected chi connectivity index (χ2v) is 8.45. The van der Waals surface area contributed by atoms with Gasteiger partial charge in [-0.05, 0) is 13.0 Å². The van der Waals surface area contributed by atoms with E-state index in [1.54, 1.807) is 24.3 Å². The molecule has 154 valence electrons. The Bertz CT molecular complexity index is 1150. The van der Waals surface area contributed by atoms with Gasteiger partial charge in [0.25, 0.3) is 0 Å². The minimum Gasteiger partial charge on any atom is -0.478 e. The second kappa shape index (κ2) is 7.38. The smallest absolute Gasteiger partial charge is 0.335 e. The monoisotopic (exact) mass is 426 g/mol. The van der Waals surface area contributed by atoms with Gasteiger partial charge in [-0.25, -0.2) is 4.79 Å². The Labute approximate surface area is 173 Å². The van der Waals surface area contributed by atoms with Crippen LogP contribution in [-0.2, 0) is 15.9 Å². The molecule has 1 aliphatic heterocycles. The summed E-state index contributed by atoms with van der Waals surface area (Å²) in [6.45, 7) is 1.42. The molecule has 0 radical (unpaired) electrons. The fraction of sp³-hybridized carbons (Fsp3) is 0.136. The number of carbonyl (C=O) groups is 1. The van der Waals surface area contributed by atoms with Gasteiger partial charge in [0.1, 0.15) is 0 Å². The first-order valence-electron chi connectivity index (χ1n) is 9.17. The molecular formula is C22H18O7S. The number of benzene rings is 3. The third kappa shape index (κ3) is 3.46. The summed E-state index contributed by atoms with van der Waals surface area (Å²) in [5, 5.41) is 9.46. The van der Waals surface area contributed by atoms with E-state index in [0.717, 1.165) is 6.07 Å². The first-order chi connectivity index (χ1) is 14.3. The third-order valence-electron chi connectivity index (χ3n) is 4.65. The van der Waals surface area contributed by atoms with E-state index in [0.29, 0.717) is 11.1 Å². The molecule has 1 aliphatic rings. The summed E-state index contributed by atoms with van der Waals surface area (Å²) in [6.07, 6.45) is 0. The lowest BCUT2D eigenvalue weighted by molar-refractivity contribution is -0.0464. The molecule has 0 aromatic heterocycles. The van der Waals surface area contributed by atoms with Crippen LogP contribution in [0.4, 0.5) is 0 Å². The van der Waals surface area contributed by atoms with E-state index in [9.17, 15) is 18.3 Å². The molecule has 1 heterocycles. The lowest BCUT2D eigenvalue weighted by atomic mass is 9.97. The number of hydrogen-bond acceptors (Lipinski definition) is 6. The normalized spacial score (nSPS) is 14.3. The molecule has 0 fully saturated rings. The zero-order valence-corrected chi connectivity index (χ0v) is 16.8. The molecular weight excluding hydrogens is 408 g/mol. The van der Waals surface area contributed by atoms with Crippen molar-refractivity contribution in [3.8, 4) is 17.2 Å². The Hall–Kier alpha value is -3.52. The van der Waals surface area contributed by atoms with E-state index in [2.05, 4.69) is 0 Å². The molecule has 3 aromatic carbocycles. The molecule has 0 unspecified atom stereocenters. The number of fused-ring (bicyclic) bond motifs is 1. The highest BCUT2D eigenvalue weighted by molar-refractivity contribution is 7.87. The molecule has 0 saturated heterocycles. The number of rotatable bonds is 6. The molecule has 0 bridgehead atoms. The Morgan fingerprint density at radius 3 is 2.03 bits per heavy atom. The average molecular weight is 426 g/mol. The van der Waals surface area contributed by atoms with Gasteiger partial charge in [0.05, 0.1) is 11.3 Å². The Kier molecular flexibility index (Phi) is 4.87. The van der Waals surface area contributed by atoms with Crippen LogP contribution in [-0.4, -0.2) is 25.2 Å². The lowest BCUT2D eigenvalue weighted by Crippen LogP contribution is -2.36. The van der Waals surface area contributed by atoms with Gasteiger partial charge < -0.3 is 18.8 Å². The quantitative estimate of drug-likeness (QED) is 0.599. The van der Waals surface area contributed by atoms with Crippen molar-refractivity contribution in [3.05, 3.63) is 89.5 Å². The molecule has 30 heavy (non-hydrogen) atoms. The third-order valence-corrected chi connectivity index (χ3v) is 5.79. The van der Waals surface area contributed by atoms with Crippen LogP contribution in [0.15, 0.2) is 72.8 Å². The predicted molar refractivity (Wildman–Crippen MR) is 108 cm³/mol. The fourth-order valence-electron chi connectivity index (χ4n) is 3.17. The van der Waals surface area contributed by atoms with Crippen molar-refractivity contribution in [2.75, 3.05) is 5.75 Å². The highest BCUT2D eigenvalue weighted by atomic mass is 32.2. The average Bonchev–Trinajstić information content (AvgIpc) is 3.16. The van der Waals surface area contributed by atoms with Crippen LogP contribution in [0.25, 0.3) is 0 Å². The summed E-state index contributed by atoms with van der Waals surface area (Å²) < 4.78 is 41.7. The number of hydrogen-bond donors (Lipinski definition) is 1. The minimum atomic E-state index is -3.93. The largest absolute Gasteiger partial charge is 0.478 e. The highest BCUT2D eigenvalue weighted by Gasteiger charge is 2.47. The molecule has 0 spiro atoms. The summed E-state index contributed by atoms with van der Waals surface area (Å²) in [4.78, 5) is 11.6. The second-order valence-electron chi connectivity index (χ2n) is 6.59. The van der Waals surface area contributed by atoms with Crippen LogP contribution in [0.1, 0.15) is 28.4 Å². The van der Waals surface area contributed by atoms with Crippen molar-refractivity contribution in [1.82, 2.24) is 0 Å². The number of aromatic carboxylic acids is 1. The molecule has 0 saturated carbocycles. The molecule has 7 nitrogen and oxygen atoms in total. The maximum Gasteiger partial charge on any atom is 0.335 e. The van der Waals surface area contributed by atoms with Crippen molar-refractivity contribution >= 4 is 16.1 Å². The van der Waals surface area contributed by atoms with Crippen molar-refractivity contribution in [3.63, 3.8) is 0 Å². The van der Waals surface area contributed by atoms with Crippen LogP contribution in [0.5, 0.6) is 17.2 Å². The van der Waals surface area contributed by atoms with E-state index in [-0.39, 0.29) is 28.6 Å². The zero-order valence-electron chi connectivity index (χ0n) is 15.9. The molecule has 0 amide bonds. The number of carboxylic acid groups (broad SMARTS) is 1. The Morgan fingerprint density at radius 2 is 1.53 bits per heavy atom. The van der Waals surface area contributed by atoms with E-state index in [1.165, 1.54) is 13.0 Å². The van der Waals surface area contributed by atoms with Gasteiger partial charge in [0.2, 0.25) is 5.75 Å². The van der Waals surface area contributed by atoms with Crippen LogP contribution < -0.4 is 13.7 Å². The summed E-state index contributed by atoms with van der Waals surface area (Å²) in [5.41, 5.74) is 1.11. The maximum absolute atomic E-state index is 12.1. The fourth-order valence-corrected chi connectivity index (χ4v) is 3.69. The summed E-state index contributed by atoms with van der Waals surface area (Å²) in [7, 11) is -3.93. The summed E-state index contributed by atoms with van der Waals surface area (Å²) >= 11 is 0. The Morgan fingerprint density at radius 1 is 0.967 bits per heavy atom. The van der Waals surface area contributed by atoms with E-state index in [4.69, 9.17) is 13.7 Å². The van der Waals surface area contributed by atoms with Gasteiger partial charge in [0, 0.05) is 17.2 Å². The van der Waals surface area contributed by atoms with Gasteiger partial charge in [-0.15, -0.1) is 0 Å². The Balaban J connectivity index is 1.91. The van der Waals surface area contributed by atoms with Crippen molar-refractivity contribution in [2.45, 2.75) is 12.7 Å². The lowest BCUT2D eigenvalue weighted by Gasteiger charge is -2.28. The molecule has 4 rings (SSSR count). The molecule has 1 N–H and O–H groups in total. The molecule has 0 aliphatic carbocycles. The topological polar surface area (TPSA) is 99.1 Å². The van der Waals surface area contributed by atoms with Gasteiger partial charge in [0.15, 0.2) is 11.5 Å². The minimum absolute atomic E-state index is 0.0183. The van der Waals surface area contributed by atoms with Gasteiger partial charge in [-0.1, -0.05) is 60.7 Å². The van der Waals surface area contributed by atoms with Crippen LogP contribution in [0.3, 0.4) is 0 Å². The van der Waals surface area contributed by atoms with Crippen molar-refractivity contribution < 1.29 is 32.0 Å².